The number of para-hydroxylation sites is 1. The molecule has 0 saturated carbocycles. The maximum absolute atomic E-state index is 10.3. The summed E-state index contributed by atoms with van der Waals surface area (Å²) in [6.07, 6.45) is 5.22. The van der Waals surface area contributed by atoms with Gasteiger partial charge in [0.1, 0.15) is 18.5 Å². The van der Waals surface area contributed by atoms with Gasteiger partial charge in [0.25, 0.3) is 0 Å². The first-order valence-corrected chi connectivity index (χ1v) is 11.3. The van der Waals surface area contributed by atoms with Gasteiger partial charge in [-0.3, -0.25) is 9.88 Å². The van der Waals surface area contributed by atoms with E-state index < -0.39 is 6.10 Å². The van der Waals surface area contributed by atoms with Crippen LogP contribution in [0.1, 0.15) is 30.4 Å². The second-order valence-corrected chi connectivity index (χ2v) is 8.63. The summed E-state index contributed by atoms with van der Waals surface area (Å²) in [6.45, 7) is 4.94. The molecule has 31 heavy (non-hydrogen) atoms. The van der Waals surface area contributed by atoms with E-state index in [1.54, 1.807) is 0 Å². The van der Waals surface area contributed by atoms with Crippen LogP contribution in [-0.4, -0.2) is 59.3 Å². The number of aromatic nitrogens is 1. The van der Waals surface area contributed by atoms with Gasteiger partial charge in [0, 0.05) is 31.2 Å². The van der Waals surface area contributed by atoms with Gasteiger partial charge in [-0.15, -0.1) is 0 Å². The van der Waals surface area contributed by atoms with E-state index in [0.717, 1.165) is 37.4 Å². The van der Waals surface area contributed by atoms with Crippen LogP contribution in [0.2, 0.25) is 0 Å². The molecule has 0 aliphatic carbocycles. The number of rotatable bonds is 9. The Morgan fingerprint density at radius 3 is 2.58 bits per heavy atom. The summed E-state index contributed by atoms with van der Waals surface area (Å²) in [7, 11) is 2.14. The van der Waals surface area contributed by atoms with Gasteiger partial charge < -0.3 is 14.7 Å². The minimum Gasteiger partial charge on any atom is -0.491 e. The molecule has 4 rings (SSSR count). The molecule has 0 unspecified atom stereocenters. The van der Waals surface area contributed by atoms with Crippen LogP contribution in [-0.2, 0) is 13.1 Å². The average molecular weight is 420 g/mol. The SMILES string of the molecule is CN(Cc1ccc(OC[C@H](O)CN2CCCCC2)cc1)Cc1ccnc2ccccc12. The van der Waals surface area contributed by atoms with Crippen molar-refractivity contribution in [3.63, 3.8) is 0 Å². The fourth-order valence-electron chi connectivity index (χ4n) is 4.33. The molecular formula is C26H33N3O2. The third-order valence-electron chi connectivity index (χ3n) is 5.92. The number of hydrogen-bond acceptors (Lipinski definition) is 5. The molecular weight excluding hydrogens is 386 g/mol. The molecule has 1 N–H and O–H groups in total. The molecule has 3 aromatic rings. The molecule has 5 nitrogen and oxygen atoms in total. The second-order valence-electron chi connectivity index (χ2n) is 8.63. The number of β-amino-alcohol motifs (C(OH)–C–C–N with tert-alkyl or cyclic N) is 1. The van der Waals surface area contributed by atoms with Crippen LogP contribution in [0.3, 0.4) is 0 Å². The molecule has 5 heteroatoms. The number of nitrogens with zero attached hydrogens (tertiary/aromatic N) is 3. The second kappa shape index (κ2) is 10.7. The van der Waals surface area contributed by atoms with E-state index >= 15 is 0 Å². The molecule has 0 amide bonds. The lowest BCUT2D eigenvalue weighted by Gasteiger charge is -2.28. The maximum Gasteiger partial charge on any atom is 0.119 e. The van der Waals surface area contributed by atoms with E-state index in [2.05, 4.69) is 58.2 Å². The van der Waals surface area contributed by atoms with Gasteiger partial charge in [-0.2, -0.15) is 0 Å². The predicted molar refractivity (Wildman–Crippen MR) is 125 cm³/mol. The normalized spacial score (nSPS) is 16.0. The van der Waals surface area contributed by atoms with E-state index in [9.17, 15) is 5.11 Å². The Balaban J connectivity index is 1.26. The van der Waals surface area contributed by atoms with Crippen molar-refractivity contribution in [3.05, 3.63) is 71.9 Å². The van der Waals surface area contributed by atoms with Gasteiger partial charge in [0.05, 0.1) is 5.52 Å². The van der Waals surface area contributed by atoms with Crippen molar-refractivity contribution >= 4 is 10.9 Å². The van der Waals surface area contributed by atoms with Crippen LogP contribution in [0.5, 0.6) is 5.75 Å². The van der Waals surface area contributed by atoms with Crippen LogP contribution in [0.15, 0.2) is 60.8 Å². The standard InChI is InChI=1S/C26H33N3O2/c1-28(18-22-13-14-27-26-8-4-3-7-25(22)26)17-21-9-11-24(12-10-21)31-20-23(30)19-29-15-5-2-6-16-29/h3-4,7-14,23,30H,2,5-6,15-20H2,1H3/t23-/m1/s1. The third kappa shape index (κ3) is 6.26. The zero-order valence-electron chi connectivity index (χ0n) is 18.4. The summed E-state index contributed by atoms with van der Waals surface area (Å²) >= 11 is 0. The minimum atomic E-state index is -0.445. The Hall–Kier alpha value is -2.47. The van der Waals surface area contributed by atoms with Crippen LogP contribution in [0.25, 0.3) is 10.9 Å². The Morgan fingerprint density at radius 1 is 1.00 bits per heavy atom. The number of benzene rings is 2. The van der Waals surface area contributed by atoms with E-state index in [4.69, 9.17) is 4.74 Å². The molecule has 2 aromatic carbocycles. The van der Waals surface area contributed by atoms with Gasteiger partial charge in [-0.05, 0) is 68.4 Å². The zero-order valence-corrected chi connectivity index (χ0v) is 18.4. The fourth-order valence-corrected chi connectivity index (χ4v) is 4.33. The summed E-state index contributed by atoms with van der Waals surface area (Å²) < 4.78 is 5.82. The number of aliphatic hydroxyl groups excluding tert-OH is 1. The van der Waals surface area contributed by atoms with Gasteiger partial charge in [0.2, 0.25) is 0 Å². The van der Waals surface area contributed by atoms with Gasteiger partial charge in [-0.1, -0.05) is 36.8 Å². The quantitative estimate of drug-likeness (QED) is 0.566. The van der Waals surface area contributed by atoms with E-state index in [1.807, 2.05) is 24.4 Å². The van der Waals surface area contributed by atoms with Gasteiger partial charge >= 0.3 is 0 Å². The first-order valence-electron chi connectivity index (χ1n) is 11.3. The first kappa shape index (κ1) is 21.8. The topological polar surface area (TPSA) is 48.8 Å². The van der Waals surface area contributed by atoms with Crippen LogP contribution < -0.4 is 4.74 Å². The van der Waals surface area contributed by atoms with Gasteiger partial charge in [0.15, 0.2) is 0 Å². The summed E-state index contributed by atoms with van der Waals surface area (Å²) in [5.74, 6) is 0.809. The highest BCUT2D eigenvalue weighted by atomic mass is 16.5. The van der Waals surface area contributed by atoms with Crippen molar-refractivity contribution in [2.75, 3.05) is 33.3 Å². The Bertz CT molecular complexity index is 949. The molecule has 164 valence electrons. The van der Waals surface area contributed by atoms with Crippen molar-refractivity contribution in [3.8, 4) is 5.75 Å². The number of piperidine rings is 1. The minimum absolute atomic E-state index is 0.338. The molecule has 1 atom stereocenters. The Kier molecular flexibility index (Phi) is 7.52. The number of likely N-dealkylation sites (tertiary alicyclic amines) is 1. The lowest BCUT2D eigenvalue weighted by molar-refractivity contribution is 0.0617. The highest BCUT2D eigenvalue weighted by molar-refractivity contribution is 5.81. The van der Waals surface area contributed by atoms with Crippen molar-refractivity contribution in [2.24, 2.45) is 0 Å². The highest BCUT2D eigenvalue weighted by Crippen LogP contribution is 2.19. The van der Waals surface area contributed by atoms with Crippen molar-refractivity contribution < 1.29 is 9.84 Å². The molecule has 1 aromatic heterocycles. The number of pyridine rings is 1. The van der Waals surface area contributed by atoms with E-state index in [0.29, 0.717) is 13.2 Å². The molecule has 1 aliphatic heterocycles. The molecule has 1 fully saturated rings. The van der Waals surface area contributed by atoms with Crippen molar-refractivity contribution in [2.45, 2.75) is 38.5 Å². The molecule has 0 spiro atoms. The fraction of sp³-hybridized carbons (Fsp3) is 0.423. The zero-order chi connectivity index (χ0) is 21.5. The van der Waals surface area contributed by atoms with E-state index in [1.165, 1.54) is 35.8 Å². The number of ether oxygens (including phenoxy) is 1. The van der Waals surface area contributed by atoms with Crippen LogP contribution in [0.4, 0.5) is 0 Å². The smallest absolute Gasteiger partial charge is 0.119 e. The maximum atomic E-state index is 10.3. The van der Waals surface area contributed by atoms with E-state index in [-0.39, 0.29) is 0 Å². The Morgan fingerprint density at radius 2 is 1.77 bits per heavy atom. The Labute approximate surface area is 185 Å². The highest BCUT2D eigenvalue weighted by Gasteiger charge is 2.15. The molecule has 0 radical (unpaired) electrons. The largest absolute Gasteiger partial charge is 0.491 e. The molecule has 1 saturated heterocycles. The van der Waals surface area contributed by atoms with Crippen LogP contribution in [0, 0.1) is 0 Å². The van der Waals surface area contributed by atoms with Crippen molar-refractivity contribution in [1.82, 2.24) is 14.8 Å². The molecule has 0 bridgehead atoms. The third-order valence-corrected chi connectivity index (χ3v) is 5.92. The van der Waals surface area contributed by atoms with Crippen LogP contribution >= 0.6 is 0 Å². The average Bonchev–Trinajstić information content (AvgIpc) is 2.79. The predicted octanol–water partition coefficient (Wildman–Crippen LogP) is 4.09. The van der Waals surface area contributed by atoms with Gasteiger partial charge in [-0.25, -0.2) is 0 Å². The molecule has 1 aliphatic rings. The summed E-state index contributed by atoms with van der Waals surface area (Å²) in [6, 6.07) is 18.6. The summed E-state index contributed by atoms with van der Waals surface area (Å²) in [5.41, 5.74) is 3.56. The number of hydrogen-bond donors (Lipinski definition) is 1. The summed E-state index contributed by atoms with van der Waals surface area (Å²) in [4.78, 5) is 9.09. The summed E-state index contributed by atoms with van der Waals surface area (Å²) in [5, 5.41) is 11.5. The van der Waals surface area contributed by atoms with Crippen molar-refractivity contribution in [1.29, 1.82) is 0 Å². The lowest BCUT2D eigenvalue weighted by atomic mass is 10.1. The lowest BCUT2D eigenvalue weighted by Crippen LogP contribution is -2.38. The number of fused-ring (bicyclic) bond motifs is 1. The molecule has 2 heterocycles. The monoisotopic (exact) mass is 419 g/mol. The first-order chi connectivity index (χ1) is 15.2. The number of aliphatic hydroxyl groups is 1.